The first-order valence-electron chi connectivity index (χ1n) is 6.82. The Morgan fingerprint density at radius 1 is 1.18 bits per heavy atom. The Balaban J connectivity index is 2.48. The smallest absolute Gasteiger partial charge is 0.0462 e. The van der Waals surface area contributed by atoms with E-state index >= 15 is 0 Å². The molecule has 1 aromatic rings. The molecule has 0 aliphatic carbocycles. The first-order chi connectivity index (χ1) is 8.15. The monoisotopic (exact) mass is 234 g/mol. The maximum Gasteiger partial charge on any atom is 0.0462 e. The fraction of sp³-hybridized carbons (Fsp3) is 0.625. The molecule has 0 saturated heterocycles. The van der Waals surface area contributed by atoms with Gasteiger partial charge in [-0.1, -0.05) is 56.5 Å². The number of aryl methyl sites for hydroxylation is 1. The topological polar surface area (TPSA) is 20.2 Å². The molecule has 0 spiro atoms. The van der Waals surface area contributed by atoms with Crippen molar-refractivity contribution in [2.45, 2.75) is 46.5 Å². The highest BCUT2D eigenvalue weighted by molar-refractivity contribution is 5.21. The van der Waals surface area contributed by atoms with Gasteiger partial charge in [0.15, 0.2) is 0 Å². The average molecular weight is 234 g/mol. The lowest BCUT2D eigenvalue weighted by Crippen LogP contribution is -2.13. The van der Waals surface area contributed by atoms with Crippen molar-refractivity contribution in [2.75, 3.05) is 6.61 Å². The van der Waals surface area contributed by atoms with E-state index in [1.54, 1.807) is 0 Å². The summed E-state index contributed by atoms with van der Waals surface area (Å²) >= 11 is 0. The highest BCUT2D eigenvalue weighted by Crippen LogP contribution is 2.20. The molecule has 96 valence electrons. The van der Waals surface area contributed by atoms with Gasteiger partial charge in [-0.05, 0) is 37.2 Å². The van der Waals surface area contributed by atoms with Gasteiger partial charge in [-0.3, -0.25) is 0 Å². The average Bonchev–Trinajstić information content (AvgIpc) is 2.31. The third-order valence-corrected chi connectivity index (χ3v) is 3.42. The molecule has 1 heteroatoms. The fourth-order valence-electron chi connectivity index (χ4n) is 2.46. The van der Waals surface area contributed by atoms with E-state index in [1.807, 2.05) is 0 Å². The second-order valence-corrected chi connectivity index (χ2v) is 5.37. The standard InChI is InChI=1S/C16H26O/c1-4-5-14(3)10-16(12-17)11-15-8-6-13(2)7-9-15/h6-9,14,16-17H,4-5,10-12H2,1-3H3. The molecule has 1 nitrogen and oxygen atoms in total. The van der Waals surface area contributed by atoms with Crippen LogP contribution in [0.4, 0.5) is 0 Å². The number of rotatable bonds is 7. The summed E-state index contributed by atoms with van der Waals surface area (Å²) in [6.45, 7) is 6.93. The Labute approximate surface area is 106 Å². The van der Waals surface area contributed by atoms with Crippen LogP contribution in [0.3, 0.4) is 0 Å². The van der Waals surface area contributed by atoms with Gasteiger partial charge in [0, 0.05) is 6.61 Å². The van der Waals surface area contributed by atoms with Crippen LogP contribution in [0, 0.1) is 18.8 Å². The summed E-state index contributed by atoms with van der Waals surface area (Å²) in [6, 6.07) is 8.67. The predicted octanol–water partition coefficient (Wildman–Crippen LogP) is 3.97. The van der Waals surface area contributed by atoms with Crippen LogP contribution < -0.4 is 0 Å². The molecule has 0 radical (unpaired) electrons. The highest BCUT2D eigenvalue weighted by atomic mass is 16.3. The van der Waals surface area contributed by atoms with Crippen molar-refractivity contribution in [1.82, 2.24) is 0 Å². The second kappa shape index (κ2) is 7.50. The van der Waals surface area contributed by atoms with Crippen molar-refractivity contribution in [3.05, 3.63) is 35.4 Å². The fourth-order valence-corrected chi connectivity index (χ4v) is 2.46. The number of aliphatic hydroxyl groups excluding tert-OH is 1. The van der Waals surface area contributed by atoms with E-state index in [2.05, 4.69) is 45.0 Å². The molecule has 0 aliphatic heterocycles. The summed E-state index contributed by atoms with van der Waals surface area (Å²) in [5.41, 5.74) is 2.65. The van der Waals surface area contributed by atoms with E-state index < -0.39 is 0 Å². The number of hydrogen-bond acceptors (Lipinski definition) is 1. The quantitative estimate of drug-likeness (QED) is 0.757. The molecule has 0 aliphatic rings. The van der Waals surface area contributed by atoms with Crippen LogP contribution in [-0.2, 0) is 6.42 Å². The lowest BCUT2D eigenvalue weighted by atomic mass is 9.88. The highest BCUT2D eigenvalue weighted by Gasteiger charge is 2.12. The molecular formula is C16H26O. The number of aliphatic hydroxyl groups is 1. The summed E-state index contributed by atoms with van der Waals surface area (Å²) in [6.07, 6.45) is 4.65. The summed E-state index contributed by atoms with van der Waals surface area (Å²) in [4.78, 5) is 0. The van der Waals surface area contributed by atoms with Crippen molar-refractivity contribution in [2.24, 2.45) is 11.8 Å². The van der Waals surface area contributed by atoms with Crippen LogP contribution in [-0.4, -0.2) is 11.7 Å². The van der Waals surface area contributed by atoms with E-state index in [0.29, 0.717) is 12.5 Å². The van der Waals surface area contributed by atoms with Gasteiger partial charge in [0.05, 0.1) is 0 Å². The Bertz CT molecular complexity index is 302. The summed E-state index contributed by atoms with van der Waals surface area (Å²) in [5.74, 6) is 1.14. The van der Waals surface area contributed by atoms with Crippen LogP contribution in [0.2, 0.25) is 0 Å². The van der Waals surface area contributed by atoms with E-state index in [4.69, 9.17) is 0 Å². The molecule has 0 fully saturated rings. The zero-order valence-electron chi connectivity index (χ0n) is 11.4. The van der Waals surface area contributed by atoms with Crippen LogP contribution in [0.15, 0.2) is 24.3 Å². The zero-order valence-corrected chi connectivity index (χ0v) is 11.4. The molecule has 1 rings (SSSR count). The van der Waals surface area contributed by atoms with Gasteiger partial charge in [-0.2, -0.15) is 0 Å². The van der Waals surface area contributed by atoms with E-state index in [-0.39, 0.29) is 0 Å². The minimum Gasteiger partial charge on any atom is -0.396 e. The van der Waals surface area contributed by atoms with Crippen LogP contribution in [0.5, 0.6) is 0 Å². The van der Waals surface area contributed by atoms with Crippen molar-refractivity contribution < 1.29 is 5.11 Å². The molecule has 2 unspecified atom stereocenters. The van der Waals surface area contributed by atoms with Crippen molar-refractivity contribution >= 4 is 0 Å². The van der Waals surface area contributed by atoms with E-state index in [9.17, 15) is 5.11 Å². The lowest BCUT2D eigenvalue weighted by molar-refractivity contribution is 0.200. The molecule has 2 atom stereocenters. The van der Waals surface area contributed by atoms with Gasteiger partial charge in [0.2, 0.25) is 0 Å². The molecular weight excluding hydrogens is 208 g/mol. The molecule has 0 heterocycles. The maximum atomic E-state index is 9.46. The van der Waals surface area contributed by atoms with Gasteiger partial charge < -0.3 is 5.11 Å². The normalized spacial score (nSPS) is 14.6. The number of hydrogen-bond donors (Lipinski definition) is 1. The third-order valence-electron chi connectivity index (χ3n) is 3.42. The molecule has 0 amide bonds. The third kappa shape index (κ3) is 5.36. The summed E-state index contributed by atoms with van der Waals surface area (Å²) in [5, 5.41) is 9.46. The van der Waals surface area contributed by atoms with Gasteiger partial charge in [0.1, 0.15) is 0 Å². The maximum absolute atomic E-state index is 9.46. The Kier molecular flexibility index (Phi) is 6.28. The zero-order chi connectivity index (χ0) is 12.7. The molecule has 0 aromatic heterocycles. The largest absolute Gasteiger partial charge is 0.396 e. The van der Waals surface area contributed by atoms with E-state index in [0.717, 1.165) is 18.8 Å². The molecule has 1 aromatic carbocycles. The van der Waals surface area contributed by atoms with Crippen LogP contribution in [0.1, 0.15) is 44.2 Å². The predicted molar refractivity (Wildman–Crippen MR) is 74.1 cm³/mol. The Morgan fingerprint density at radius 3 is 2.35 bits per heavy atom. The van der Waals surface area contributed by atoms with Crippen LogP contribution >= 0.6 is 0 Å². The van der Waals surface area contributed by atoms with Gasteiger partial charge in [0.25, 0.3) is 0 Å². The van der Waals surface area contributed by atoms with Crippen molar-refractivity contribution in [3.8, 4) is 0 Å². The molecule has 0 bridgehead atoms. The lowest BCUT2D eigenvalue weighted by Gasteiger charge is -2.18. The first kappa shape index (κ1) is 14.2. The summed E-state index contributed by atoms with van der Waals surface area (Å²) < 4.78 is 0. The first-order valence-corrected chi connectivity index (χ1v) is 6.82. The molecule has 17 heavy (non-hydrogen) atoms. The Morgan fingerprint density at radius 2 is 1.82 bits per heavy atom. The van der Waals surface area contributed by atoms with Crippen molar-refractivity contribution in [3.63, 3.8) is 0 Å². The number of benzene rings is 1. The van der Waals surface area contributed by atoms with Gasteiger partial charge in [-0.25, -0.2) is 0 Å². The van der Waals surface area contributed by atoms with Crippen molar-refractivity contribution in [1.29, 1.82) is 0 Å². The van der Waals surface area contributed by atoms with Gasteiger partial charge >= 0.3 is 0 Å². The molecule has 0 saturated carbocycles. The Hall–Kier alpha value is -0.820. The summed E-state index contributed by atoms with van der Waals surface area (Å²) in [7, 11) is 0. The molecule has 1 N–H and O–H groups in total. The second-order valence-electron chi connectivity index (χ2n) is 5.37. The minimum absolute atomic E-state index is 0.307. The van der Waals surface area contributed by atoms with Crippen LogP contribution in [0.25, 0.3) is 0 Å². The minimum atomic E-state index is 0.307. The van der Waals surface area contributed by atoms with Gasteiger partial charge in [-0.15, -0.1) is 0 Å². The SMILES string of the molecule is CCCC(C)CC(CO)Cc1ccc(C)cc1. The van der Waals surface area contributed by atoms with E-state index in [1.165, 1.54) is 24.0 Å².